The Morgan fingerprint density at radius 1 is 1.22 bits per heavy atom. The molecule has 1 aromatic heterocycles. The third-order valence-corrected chi connectivity index (χ3v) is 5.93. The number of benzene rings is 2. The van der Waals surface area contributed by atoms with Gasteiger partial charge in [0.25, 0.3) is 5.56 Å². The lowest BCUT2D eigenvalue weighted by Gasteiger charge is -2.28. The normalized spacial score (nSPS) is 15.5. The van der Waals surface area contributed by atoms with Gasteiger partial charge in [0.05, 0.1) is 32.6 Å². The van der Waals surface area contributed by atoms with Gasteiger partial charge in [0, 0.05) is 29.6 Å². The lowest BCUT2D eigenvalue weighted by Crippen LogP contribution is -2.40. The van der Waals surface area contributed by atoms with Crippen LogP contribution in [0.3, 0.4) is 0 Å². The smallest absolute Gasteiger partial charge is 0.253 e. The molecule has 1 fully saturated rings. The number of hydrogen-bond acceptors (Lipinski definition) is 5. The van der Waals surface area contributed by atoms with E-state index in [2.05, 4.69) is 10.3 Å². The summed E-state index contributed by atoms with van der Waals surface area (Å²) in [5.74, 6) is 1.43. The Morgan fingerprint density at radius 3 is 2.81 bits per heavy atom. The zero-order valence-corrected chi connectivity index (χ0v) is 19.0. The Bertz CT molecular complexity index is 1160. The highest BCUT2D eigenvalue weighted by Crippen LogP contribution is 2.25. The predicted molar refractivity (Wildman–Crippen MR) is 130 cm³/mol. The Labute approximate surface area is 192 Å². The molecule has 0 aliphatic carbocycles. The molecule has 0 amide bonds. The van der Waals surface area contributed by atoms with Crippen LogP contribution in [0, 0.1) is 0 Å². The Morgan fingerprint density at radius 2 is 2.06 bits per heavy atom. The minimum Gasteiger partial charge on any atom is -0.497 e. The van der Waals surface area contributed by atoms with Gasteiger partial charge >= 0.3 is 0 Å². The fourth-order valence-corrected chi connectivity index (χ4v) is 4.12. The summed E-state index contributed by atoms with van der Waals surface area (Å²) < 4.78 is 16.6. The van der Waals surface area contributed by atoms with Gasteiger partial charge in [-0.25, -0.2) is 0 Å². The number of nitrogens with zero attached hydrogens (tertiary/aromatic N) is 1. The summed E-state index contributed by atoms with van der Waals surface area (Å²) in [6.45, 7) is 1.70. The molecular formula is C24H27N3O4S. The molecule has 0 spiro atoms. The maximum absolute atomic E-state index is 12.8. The number of H-pyrrole nitrogens is 1. The molecule has 0 radical (unpaired) electrons. The van der Waals surface area contributed by atoms with E-state index in [0.29, 0.717) is 29.5 Å². The number of aromatic nitrogens is 1. The van der Waals surface area contributed by atoms with Crippen LogP contribution < -0.4 is 20.3 Å². The number of anilines is 1. The fourth-order valence-electron chi connectivity index (χ4n) is 3.88. The fraction of sp³-hybridized carbons (Fsp3) is 0.333. The molecule has 1 atom stereocenters. The first-order valence-corrected chi connectivity index (χ1v) is 11.0. The van der Waals surface area contributed by atoms with E-state index >= 15 is 0 Å². The molecule has 1 aliphatic rings. The van der Waals surface area contributed by atoms with E-state index in [0.717, 1.165) is 41.8 Å². The van der Waals surface area contributed by atoms with Crippen molar-refractivity contribution in [3.05, 3.63) is 64.4 Å². The topological polar surface area (TPSA) is 75.8 Å². The van der Waals surface area contributed by atoms with Crippen molar-refractivity contribution in [1.82, 2.24) is 9.88 Å². The lowest BCUT2D eigenvalue weighted by atomic mass is 10.1. The SMILES string of the molecule is COc1ccc2[nH]c(=O)c(CN(C[C@@H]3CCCO3)C(=S)Nc3ccccc3OC)cc2c1. The van der Waals surface area contributed by atoms with Gasteiger partial charge in [-0.3, -0.25) is 4.79 Å². The van der Waals surface area contributed by atoms with Crippen molar-refractivity contribution in [1.29, 1.82) is 0 Å². The highest BCUT2D eigenvalue weighted by atomic mass is 32.1. The molecule has 2 N–H and O–H groups in total. The molecule has 32 heavy (non-hydrogen) atoms. The Kier molecular flexibility index (Phi) is 6.92. The van der Waals surface area contributed by atoms with Crippen LogP contribution in [0.1, 0.15) is 18.4 Å². The van der Waals surface area contributed by atoms with Crippen LogP contribution in [0.15, 0.2) is 53.3 Å². The molecule has 7 nitrogen and oxygen atoms in total. The van der Waals surface area contributed by atoms with Crippen LogP contribution in [-0.2, 0) is 11.3 Å². The number of hydrogen-bond donors (Lipinski definition) is 2. The summed E-state index contributed by atoms with van der Waals surface area (Å²) in [4.78, 5) is 17.8. The first kappa shape index (κ1) is 22.1. The highest BCUT2D eigenvalue weighted by molar-refractivity contribution is 7.80. The summed E-state index contributed by atoms with van der Waals surface area (Å²) >= 11 is 5.75. The summed E-state index contributed by atoms with van der Waals surface area (Å²) in [5, 5.41) is 4.69. The van der Waals surface area contributed by atoms with Crippen LogP contribution in [-0.4, -0.2) is 48.5 Å². The second-order valence-corrected chi connectivity index (χ2v) is 8.11. The average molecular weight is 454 g/mol. The van der Waals surface area contributed by atoms with E-state index in [9.17, 15) is 4.79 Å². The summed E-state index contributed by atoms with van der Waals surface area (Å²) in [7, 11) is 3.25. The van der Waals surface area contributed by atoms with E-state index in [1.54, 1.807) is 14.2 Å². The average Bonchev–Trinajstić information content (AvgIpc) is 3.32. The van der Waals surface area contributed by atoms with Crippen molar-refractivity contribution in [2.24, 2.45) is 0 Å². The monoisotopic (exact) mass is 453 g/mol. The Hall–Kier alpha value is -3.10. The van der Waals surface area contributed by atoms with Crippen LogP contribution in [0.4, 0.5) is 5.69 Å². The molecule has 0 saturated carbocycles. The summed E-state index contributed by atoms with van der Waals surface area (Å²) in [5.41, 5.74) is 2.02. The van der Waals surface area contributed by atoms with Crippen molar-refractivity contribution in [3.63, 3.8) is 0 Å². The minimum absolute atomic E-state index is 0.0760. The molecule has 168 valence electrons. The number of ether oxygens (including phenoxy) is 3. The molecule has 2 heterocycles. The molecule has 0 unspecified atom stereocenters. The van der Waals surface area contributed by atoms with E-state index < -0.39 is 0 Å². The third kappa shape index (κ3) is 5.03. The molecule has 8 heteroatoms. The Balaban J connectivity index is 1.62. The zero-order valence-electron chi connectivity index (χ0n) is 18.2. The number of pyridine rings is 1. The second kappa shape index (κ2) is 10.0. The third-order valence-electron chi connectivity index (χ3n) is 5.57. The molecular weight excluding hydrogens is 426 g/mol. The van der Waals surface area contributed by atoms with Crippen molar-refractivity contribution < 1.29 is 14.2 Å². The molecule has 4 rings (SSSR count). The van der Waals surface area contributed by atoms with Crippen molar-refractivity contribution in [2.75, 3.05) is 32.7 Å². The molecule has 1 aliphatic heterocycles. The lowest BCUT2D eigenvalue weighted by molar-refractivity contribution is 0.0904. The standard InChI is InChI=1S/C24H27N3O4S/c1-29-18-9-10-20-16(13-18)12-17(23(28)25-20)14-27(15-19-6-5-11-31-19)24(32)26-21-7-3-4-8-22(21)30-2/h3-4,7-10,12-13,19H,5-6,11,14-15H2,1-2H3,(H,25,28)(H,26,32)/t19-/m0/s1. The van der Waals surface area contributed by atoms with E-state index in [1.165, 1.54) is 0 Å². The largest absolute Gasteiger partial charge is 0.497 e. The van der Waals surface area contributed by atoms with Gasteiger partial charge in [-0.2, -0.15) is 0 Å². The van der Waals surface area contributed by atoms with Crippen LogP contribution in [0.2, 0.25) is 0 Å². The van der Waals surface area contributed by atoms with E-state index in [1.807, 2.05) is 53.4 Å². The number of para-hydroxylation sites is 2. The first-order chi connectivity index (χ1) is 15.6. The zero-order chi connectivity index (χ0) is 22.5. The van der Waals surface area contributed by atoms with Gasteiger partial charge in [-0.15, -0.1) is 0 Å². The van der Waals surface area contributed by atoms with E-state index in [4.69, 9.17) is 26.4 Å². The van der Waals surface area contributed by atoms with Gasteiger partial charge in [0.2, 0.25) is 0 Å². The van der Waals surface area contributed by atoms with E-state index in [-0.39, 0.29) is 11.7 Å². The van der Waals surface area contributed by atoms with Crippen LogP contribution in [0.5, 0.6) is 11.5 Å². The number of fused-ring (bicyclic) bond motifs is 1. The number of nitrogens with one attached hydrogen (secondary N) is 2. The van der Waals surface area contributed by atoms with Crippen molar-refractivity contribution in [3.8, 4) is 11.5 Å². The van der Waals surface area contributed by atoms with Gasteiger partial charge in [-0.1, -0.05) is 12.1 Å². The maximum atomic E-state index is 12.8. The second-order valence-electron chi connectivity index (χ2n) is 7.72. The van der Waals surface area contributed by atoms with Gasteiger partial charge in [-0.05, 0) is 61.5 Å². The maximum Gasteiger partial charge on any atom is 0.253 e. The molecule has 0 bridgehead atoms. The van der Waals surface area contributed by atoms with Gasteiger partial charge in [0.1, 0.15) is 11.5 Å². The molecule has 3 aromatic rings. The van der Waals surface area contributed by atoms with Crippen molar-refractivity contribution in [2.45, 2.75) is 25.5 Å². The summed E-state index contributed by atoms with van der Waals surface area (Å²) in [6, 6.07) is 15.1. The highest BCUT2D eigenvalue weighted by Gasteiger charge is 2.22. The number of thiocarbonyl (C=S) groups is 1. The first-order valence-electron chi connectivity index (χ1n) is 10.6. The van der Waals surface area contributed by atoms with Crippen LogP contribution in [0.25, 0.3) is 10.9 Å². The quantitative estimate of drug-likeness (QED) is 0.525. The number of methoxy groups -OCH3 is 2. The summed E-state index contributed by atoms with van der Waals surface area (Å²) in [6.07, 6.45) is 2.08. The molecule has 2 aromatic carbocycles. The van der Waals surface area contributed by atoms with Gasteiger partial charge in [0.15, 0.2) is 5.11 Å². The van der Waals surface area contributed by atoms with Crippen molar-refractivity contribution >= 4 is 33.9 Å². The number of aromatic amines is 1. The number of rotatable bonds is 7. The van der Waals surface area contributed by atoms with Crippen LogP contribution >= 0.6 is 12.2 Å². The minimum atomic E-state index is -0.139. The predicted octanol–water partition coefficient (Wildman–Crippen LogP) is 3.92. The van der Waals surface area contributed by atoms with Gasteiger partial charge < -0.3 is 29.4 Å². The molecule has 1 saturated heterocycles.